The van der Waals surface area contributed by atoms with Crippen LogP contribution in [0.25, 0.3) is 6.08 Å². The Labute approximate surface area is 96.6 Å². The molecule has 0 aliphatic rings. The fraction of sp³-hybridized carbons (Fsp3) is 0.200. The molecular formula is C10H10N2O5. The Morgan fingerprint density at radius 1 is 1.35 bits per heavy atom. The Kier molecular flexibility index (Phi) is 3.76. The van der Waals surface area contributed by atoms with E-state index in [1.54, 1.807) is 0 Å². The van der Waals surface area contributed by atoms with Crippen molar-refractivity contribution in [2.45, 2.75) is 6.92 Å². The second-order valence-electron chi connectivity index (χ2n) is 3.23. The lowest BCUT2D eigenvalue weighted by molar-refractivity contribution is -0.422. The van der Waals surface area contributed by atoms with E-state index in [-0.39, 0.29) is 11.4 Å². The largest absolute Gasteiger partial charge is 0.496 e. The maximum Gasteiger partial charge on any atom is 0.270 e. The third-order valence-corrected chi connectivity index (χ3v) is 2.08. The molecule has 0 heterocycles. The van der Waals surface area contributed by atoms with Gasteiger partial charge < -0.3 is 4.74 Å². The lowest BCUT2D eigenvalue weighted by atomic mass is 10.1. The van der Waals surface area contributed by atoms with E-state index in [2.05, 4.69) is 0 Å². The molecule has 7 nitrogen and oxygen atoms in total. The van der Waals surface area contributed by atoms with Crippen LogP contribution in [0, 0.1) is 20.2 Å². The van der Waals surface area contributed by atoms with Crippen LogP contribution >= 0.6 is 0 Å². The Morgan fingerprint density at radius 3 is 2.47 bits per heavy atom. The third-order valence-electron chi connectivity index (χ3n) is 2.08. The molecule has 1 rings (SSSR count). The minimum atomic E-state index is -0.571. The molecule has 0 saturated carbocycles. The molecule has 0 radical (unpaired) electrons. The van der Waals surface area contributed by atoms with Gasteiger partial charge in [0, 0.05) is 30.7 Å². The molecular weight excluding hydrogens is 228 g/mol. The average Bonchev–Trinajstić information content (AvgIpc) is 2.28. The fourth-order valence-corrected chi connectivity index (χ4v) is 1.23. The van der Waals surface area contributed by atoms with Gasteiger partial charge >= 0.3 is 0 Å². The van der Waals surface area contributed by atoms with Gasteiger partial charge in [-0.15, -0.1) is 0 Å². The van der Waals surface area contributed by atoms with Crippen molar-refractivity contribution in [1.82, 2.24) is 0 Å². The van der Waals surface area contributed by atoms with E-state index in [1.165, 1.54) is 38.3 Å². The van der Waals surface area contributed by atoms with Crippen molar-refractivity contribution in [1.29, 1.82) is 0 Å². The highest BCUT2D eigenvalue weighted by molar-refractivity contribution is 5.61. The van der Waals surface area contributed by atoms with Gasteiger partial charge in [-0.3, -0.25) is 20.2 Å². The summed E-state index contributed by atoms with van der Waals surface area (Å²) in [6.45, 7) is 1.30. The second-order valence-corrected chi connectivity index (χ2v) is 3.23. The number of nitrogens with zero attached hydrogens (tertiary/aromatic N) is 2. The maximum atomic E-state index is 10.6. The standard InChI is InChI=1S/C10H10N2O5/c1-7(11(13)14)5-8-6-9(12(15)16)3-4-10(8)17-2/h3-6H,1-2H3. The summed E-state index contributed by atoms with van der Waals surface area (Å²) in [5.41, 5.74) is 0.0351. The molecule has 0 N–H and O–H groups in total. The summed E-state index contributed by atoms with van der Waals surface area (Å²) in [6, 6.07) is 3.90. The number of hydrogen-bond donors (Lipinski definition) is 0. The zero-order chi connectivity index (χ0) is 13.0. The van der Waals surface area contributed by atoms with Crippen molar-refractivity contribution in [2.24, 2.45) is 0 Å². The molecule has 17 heavy (non-hydrogen) atoms. The lowest BCUT2D eigenvalue weighted by Gasteiger charge is -2.03. The highest BCUT2D eigenvalue weighted by Gasteiger charge is 2.12. The average molecular weight is 238 g/mol. The topological polar surface area (TPSA) is 95.5 Å². The monoisotopic (exact) mass is 238 g/mol. The summed E-state index contributed by atoms with van der Waals surface area (Å²) in [5, 5.41) is 21.1. The van der Waals surface area contributed by atoms with E-state index in [0.29, 0.717) is 11.3 Å². The van der Waals surface area contributed by atoms with Crippen LogP contribution < -0.4 is 4.74 Å². The second kappa shape index (κ2) is 5.06. The van der Waals surface area contributed by atoms with Gasteiger partial charge in [-0.2, -0.15) is 0 Å². The molecule has 0 aliphatic carbocycles. The van der Waals surface area contributed by atoms with Crippen LogP contribution in [0.3, 0.4) is 0 Å². The SMILES string of the molecule is COc1ccc([N+](=O)[O-])cc1C=C(C)[N+](=O)[O-]. The van der Waals surface area contributed by atoms with Gasteiger partial charge in [-0.05, 0) is 6.07 Å². The number of benzene rings is 1. The first kappa shape index (κ1) is 12.6. The van der Waals surface area contributed by atoms with E-state index < -0.39 is 9.85 Å². The minimum absolute atomic E-state index is 0.121. The molecule has 90 valence electrons. The number of ether oxygens (including phenoxy) is 1. The van der Waals surface area contributed by atoms with Crippen LogP contribution in [0.5, 0.6) is 5.75 Å². The summed E-state index contributed by atoms with van der Waals surface area (Å²) in [4.78, 5) is 19.9. The maximum absolute atomic E-state index is 10.6. The first-order valence-corrected chi connectivity index (χ1v) is 4.61. The third kappa shape index (κ3) is 3.00. The smallest absolute Gasteiger partial charge is 0.270 e. The van der Waals surface area contributed by atoms with Crippen LogP contribution in [0.15, 0.2) is 23.9 Å². The summed E-state index contributed by atoms with van der Waals surface area (Å²) in [5.74, 6) is 0.344. The van der Waals surface area contributed by atoms with Crippen molar-refractivity contribution in [2.75, 3.05) is 7.11 Å². The zero-order valence-electron chi connectivity index (χ0n) is 9.25. The Balaban J connectivity index is 3.28. The van der Waals surface area contributed by atoms with E-state index in [9.17, 15) is 20.2 Å². The number of non-ortho nitro benzene ring substituents is 1. The van der Waals surface area contributed by atoms with Gasteiger partial charge in [0.05, 0.1) is 17.0 Å². The number of allylic oxidation sites excluding steroid dienone is 1. The van der Waals surface area contributed by atoms with Gasteiger partial charge in [0.1, 0.15) is 5.75 Å². The Morgan fingerprint density at radius 2 is 2.00 bits per heavy atom. The van der Waals surface area contributed by atoms with Crippen LogP contribution in [0.2, 0.25) is 0 Å². The summed E-state index contributed by atoms with van der Waals surface area (Å²) in [7, 11) is 1.39. The van der Waals surface area contributed by atoms with Gasteiger partial charge in [0.15, 0.2) is 0 Å². The molecule has 0 aromatic heterocycles. The van der Waals surface area contributed by atoms with Crippen molar-refractivity contribution in [3.63, 3.8) is 0 Å². The first-order valence-electron chi connectivity index (χ1n) is 4.61. The molecule has 1 aromatic rings. The Bertz CT molecular complexity index is 495. The van der Waals surface area contributed by atoms with Crippen LogP contribution in [-0.4, -0.2) is 17.0 Å². The van der Waals surface area contributed by atoms with Gasteiger partial charge in [0.2, 0.25) is 5.70 Å². The lowest BCUT2D eigenvalue weighted by Crippen LogP contribution is -1.96. The van der Waals surface area contributed by atoms with Crippen molar-refractivity contribution < 1.29 is 14.6 Å². The predicted octanol–water partition coefficient (Wildman–Crippen LogP) is 2.24. The van der Waals surface area contributed by atoms with Crippen LogP contribution in [-0.2, 0) is 0 Å². The number of nitro groups is 2. The molecule has 0 amide bonds. The van der Waals surface area contributed by atoms with Crippen molar-refractivity contribution in [3.8, 4) is 5.75 Å². The summed E-state index contributed by atoms with van der Waals surface area (Å²) in [6.07, 6.45) is 1.23. The fourth-order valence-electron chi connectivity index (χ4n) is 1.23. The zero-order valence-corrected chi connectivity index (χ0v) is 9.25. The molecule has 0 spiro atoms. The highest BCUT2D eigenvalue weighted by atomic mass is 16.6. The summed E-state index contributed by atoms with van der Waals surface area (Å²) < 4.78 is 4.97. The van der Waals surface area contributed by atoms with Crippen molar-refractivity contribution in [3.05, 3.63) is 49.7 Å². The van der Waals surface area contributed by atoms with Gasteiger partial charge in [-0.25, -0.2) is 0 Å². The number of hydrogen-bond acceptors (Lipinski definition) is 5. The van der Waals surface area contributed by atoms with E-state index in [1.807, 2.05) is 0 Å². The molecule has 0 aliphatic heterocycles. The van der Waals surface area contributed by atoms with E-state index >= 15 is 0 Å². The van der Waals surface area contributed by atoms with Crippen LogP contribution in [0.1, 0.15) is 12.5 Å². The van der Waals surface area contributed by atoms with Crippen LogP contribution in [0.4, 0.5) is 5.69 Å². The molecule has 0 fully saturated rings. The summed E-state index contributed by atoms with van der Waals surface area (Å²) >= 11 is 0. The molecule has 0 unspecified atom stereocenters. The quantitative estimate of drug-likeness (QED) is 0.592. The molecule has 0 saturated heterocycles. The first-order chi connectivity index (χ1) is 7.95. The molecule has 0 bridgehead atoms. The number of nitro benzene ring substituents is 1. The van der Waals surface area contributed by atoms with Crippen molar-refractivity contribution >= 4 is 11.8 Å². The molecule has 1 aromatic carbocycles. The Hall–Kier alpha value is -2.44. The molecule has 7 heteroatoms. The van der Waals surface area contributed by atoms with E-state index in [0.717, 1.165) is 0 Å². The number of methoxy groups -OCH3 is 1. The predicted molar refractivity (Wildman–Crippen MR) is 60.3 cm³/mol. The normalized spacial score (nSPS) is 11.1. The van der Waals surface area contributed by atoms with E-state index in [4.69, 9.17) is 4.74 Å². The van der Waals surface area contributed by atoms with Gasteiger partial charge in [0.25, 0.3) is 5.69 Å². The van der Waals surface area contributed by atoms with Gasteiger partial charge in [-0.1, -0.05) is 0 Å². The molecule has 0 atom stereocenters. The highest BCUT2D eigenvalue weighted by Crippen LogP contribution is 2.26. The minimum Gasteiger partial charge on any atom is -0.496 e. The number of rotatable bonds is 4.